The highest BCUT2D eigenvalue weighted by Crippen LogP contribution is 2.18. The van der Waals surface area contributed by atoms with Gasteiger partial charge < -0.3 is 14.6 Å². The molecule has 2 unspecified atom stereocenters. The molecular weight excluding hydrogens is 495 g/mol. The summed E-state index contributed by atoms with van der Waals surface area (Å²) < 4.78 is 25.2. The van der Waals surface area contributed by atoms with Crippen LogP contribution in [0, 0.1) is 11.7 Å². The van der Waals surface area contributed by atoms with Gasteiger partial charge in [-0.3, -0.25) is 0 Å². The van der Waals surface area contributed by atoms with E-state index in [0.29, 0.717) is 24.8 Å². The molecule has 0 saturated carbocycles. The minimum Gasteiger partial charge on any atom is -0.462 e. The number of aryl methyl sites for hydroxylation is 4. The highest BCUT2D eigenvalue weighted by Gasteiger charge is 2.19. The van der Waals surface area contributed by atoms with Gasteiger partial charge in [-0.05, 0) is 80.7 Å². The van der Waals surface area contributed by atoms with Crippen molar-refractivity contribution in [3.05, 3.63) is 94.8 Å². The van der Waals surface area contributed by atoms with Crippen LogP contribution in [0.15, 0.2) is 66.8 Å². The lowest BCUT2D eigenvalue weighted by Gasteiger charge is -2.18. The second-order valence-electron chi connectivity index (χ2n) is 10.3. The van der Waals surface area contributed by atoms with Gasteiger partial charge in [0.1, 0.15) is 5.82 Å². The molecule has 0 aliphatic carbocycles. The number of carbonyl (C=O) groups is 2. The Morgan fingerprint density at radius 2 is 1.46 bits per heavy atom. The zero-order valence-corrected chi connectivity index (χ0v) is 23.6. The molecule has 0 aromatic heterocycles. The maximum atomic E-state index is 14.6. The van der Waals surface area contributed by atoms with E-state index in [4.69, 9.17) is 9.47 Å². The molecule has 0 aliphatic heterocycles. The summed E-state index contributed by atoms with van der Waals surface area (Å²) in [4.78, 5) is 23.9. The number of ether oxygens (including phenoxy) is 2. The first-order valence-electron chi connectivity index (χ1n) is 13.8. The monoisotopic (exact) mass is 538 g/mol. The number of aliphatic hydroxyl groups excluding tert-OH is 1. The Balaban J connectivity index is 1.90. The van der Waals surface area contributed by atoms with Gasteiger partial charge in [-0.15, -0.1) is 0 Å². The lowest BCUT2D eigenvalue weighted by Crippen LogP contribution is -2.24. The normalized spacial score (nSPS) is 12.4. The molecule has 0 heterocycles. The molecule has 5 nitrogen and oxygen atoms in total. The van der Waals surface area contributed by atoms with Crippen molar-refractivity contribution in [2.45, 2.75) is 78.2 Å². The average Bonchev–Trinajstić information content (AvgIpc) is 2.91. The lowest BCUT2D eigenvalue weighted by molar-refractivity contribution is -0.144. The molecule has 0 aliphatic rings. The van der Waals surface area contributed by atoms with Crippen molar-refractivity contribution >= 4 is 11.9 Å². The Morgan fingerprint density at radius 3 is 2.03 bits per heavy atom. The van der Waals surface area contributed by atoms with Crippen molar-refractivity contribution in [1.82, 2.24) is 0 Å². The van der Waals surface area contributed by atoms with E-state index in [1.54, 1.807) is 13.0 Å². The molecule has 2 aromatic rings. The molecule has 39 heavy (non-hydrogen) atoms. The first-order chi connectivity index (χ1) is 18.6. The first kappa shape index (κ1) is 32.0. The van der Waals surface area contributed by atoms with Gasteiger partial charge in [0.05, 0.1) is 24.9 Å². The number of esters is 2. The van der Waals surface area contributed by atoms with Gasteiger partial charge in [-0.25, -0.2) is 14.0 Å². The van der Waals surface area contributed by atoms with Crippen LogP contribution in [0.1, 0.15) is 68.7 Å². The van der Waals surface area contributed by atoms with Crippen molar-refractivity contribution in [2.75, 3.05) is 13.2 Å². The quantitative estimate of drug-likeness (QED) is 0.142. The number of rotatable bonds is 17. The maximum absolute atomic E-state index is 14.6. The SMILES string of the molecule is C=C(C)C(=O)OCC(CCc1ccc(CCc2ccc(CCCCC)cc2F)cc1)COC(=O)C(=C)C(C)O. The second kappa shape index (κ2) is 16.7. The van der Waals surface area contributed by atoms with Gasteiger partial charge in [0.2, 0.25) is 0 Å². The molecule has 6 heteroatoms. The Bertz CT molecular complexity index is 1100. The van der Waals surface area contributed by atoms with Crippen molar-refractivity contribution in [1.29, 1.82) is 0 Å². The van der Waals surface area contributed by atoms with Gasteiger partial charge in [0.25, 0.3) is 0 Å². The van der Waals surface area contributed by atoms with Gasteiger partial charge in [-0.2, -0.15) is 0 Å². The summed E-state index contributed by atoms with van der Waals surface area (Å²) in [5.74, 6) is -1.52. The molecule has 212 valence electrons. The topological polar surface area (TPSA) is 72.8 Å². The van der Waals surface area contributed by atoms with E-state index in [1.807, 2.05) is 24.3 Å². The van der Waals surface area contributed by atoms with E-state index in [2.05, 4.69) is 32.2 Å². The summed E-state index contributed by atoms with van der Waals surface area (Å²) >= 11 is 0. The van der Waals surface area contributed by atoms with Crippen LogP contribution in [0.3, 0.4) is 0 Å². The molecule has 0 radical (unpaired) electrons. The standard InChI is InChI=1S/C33H43FO5/c1-6-7-8-9-28-17-19-30(31(34)20-28)18-16-27-12-10-26(11-13-27)14-15-29(21-38-32(36)23(2)3)22-39-33(37)24(4)25(5)35/h10-13,17,19-20,25,29,35H,2,4,6-9,14-16,18,21-22H2,1,3,5H3. The molecule has 2 rings (SSSR count). The van der Waals surface area contributed by atoms with Crippen LogP contribution in [-0.4, -0.2) is 36.4 Å². The zero-order valence-electron chi connectivity index (χ0n) is 23.6. The van der Waals surface area contributed by atoms with E-state index < -0.39 is 18.0 Å². The van der Waals surface area contributed by atoms with Crippen LogP contribution >= 0.6 is 0 Å². The summed E-state index contributed by atoms with van der Waals surface area (Å²) in [6.07, 6.45) is 6.02. The number of unbranched alkanes of at least 4 members (excludes halogenated alkanes) is 2. The van der Waals surface area contributed by atoms with Crippen LogP contribution in [0.5, 0.6) is 0 Å². The molecule has 0 amide bonds. The van der Waals surface area contributed by atoms with Crippen LogP contribution in [0.25, 0.3) is 0 Å². The highest BCUT2D eigenvalue weighted by atomic mass is 19.1. The number of hydrogen-bond acceptors (Lipinski definition) is 5. The molecule has 2 aromatic carbocycles. The average molecular weight is 539 g/mol. The highest BCUT2D eigenvalue weighted by molar-refractivity contribution is 5.88. The Morgan fingerprint density at radius 1 is 0.872 bits per heavy atom. The number of halogens is 1. The van der Waals surface area contributed by atoms with E-state index in [0.717, 1.165) is 54.4 Å². The van der Waals surface area contributed by atoms with E-state index in [1.165, 1.54) is 6.92 Å². The van der Waals surface area contributed by atoms with Crippen molar-refractivity contribution in [3.63, 3.8) is 0 Å². The third-order valence-electron chi connectivity index (χ3n) is 6.75. The van der Waals surface area contributed by atoms with Crippen molar-refractivity contribution < 1.29 is 28.6 Å². The van der Waals surface area contributed by atoms with Crippen LogP contribution in [0.4, 0.5) is 4.39 Å². The molecule has 0 fully saturated rings. The molecule has 0 saturated heterocycles. The van der Waals surface area contributed by atoms with Crippen molar-refractivity contribution in [3.8, 4) is 0 Å². The third-order valence-corrected chi connectivity index (χ3v) is 6.75. The third kappa shape index (κ3) is 11.6. The maximum Gasteiger partial charge on any atom is 0.336 e. The van der Waals surface area contributed by atoms with Gasteiger partial charge >= 0.3 is 11.9 Å². The summed E-state index contributed by atoms with van der Waals surface area (Å²) in [6.45, 7) is 12.4. The largest absolute Gasteiger partial charge is 0.462 e. The smallest absolute Gasteiger partial charge is 0.336 e. The molecular formula is C33H43FO5. The Labute approximate surface area is 232 Å². The number of carbonyl (C=O) groups excluding carboxylic acids is 2. The van der Waals surface area contributed by atoms with E-state index in [-0.39, 0.29) is 30.5 Å². The van der Waals surface area contributed by atoms with Gasteiger partial charge in [-0.1, -0.05) is 69.3 Å². The predicted octanol–water partition coefficient (Wildman–Crippen LogP) is 6.49. The summed E-state index contributed by atoms with van der Waals surface area (Å²) in [5, 5.41) is 9.53. The fraction of sp³-hybridized carbons (Fsp3) is 0.455. The van der Waals surface area contributed by atoms with Crippen LogP contribution in [-0.2, 0) is 44.7 Å². The number of hydrogen-bond donors (Lipinski definition) is 1. The predicted molar refractivity (Wildman–Crippen MR) is 153 cm³/mol. The van der Waals surface area contributed by atoms with Gasteiger partial charge in [0.15, 0.2) is 0 Å². The fourth-order valence-corrected chi connectivity index (χ4v) is 4.04. The lowest BCUT2D eigenvalue weighted by atomic mass is 9.97. The second-order valence-corrected chi connectivity index (χ2v) is 10.3. The summed E-state index contributed by atoms with van der Waals surface area (Å²) in [7, 11) is 0. The minimum atomic E-state index is -0.998. The number of benzene rings is 2. The van der Waals surface area contributed by atoms with Crippen LogP contribution in [0.2, 0.25) is 0 Å². The number of aliphatic hydroxyl groups is 1. The minimum absolute atomic E-state index is 0.0222. The van der Waals surface area contributed by atoms with Gasteiger partial charge in [0, 0.05) is 11.5 Å². The van der Waals surface area contributed by atoms with Crippen molar-refractivity contribution in [2.24, 2.45) is 5.92 Å². The molecule has 0 spiro atoms. The van der Waals surface area contributed by atoms with E-state index >= 15 is 0 Å². The van der Waals surface area contributed by atoms with Crippen LogP contribution < -0.4 is 0 Å². The molecule has 1 N–H and O–H groups in total. The Kier molecular flexibility index (Phi) is 13.7. The molecule has 0 bridgehead atoms. The zero-order chi connectivity index (χ0) is 28.8. The molecule has 2 atom stereocenters. The fourth-order valence-electron chi connectivity index (χ4n) is 4.04. The Hall–Kier alpha value is -3.25. The summed E-state index contributed by atoms with van der Waals surface area (Å²) in [5.41, 5.74) is 4.29. The summed E-state index contributed by atoms with van der Waals surface area (Å²) in [6, 6.07) is 13.8. The first-order valence-corrected chi connectivity index (χ1v) is 13.8. The van der Waals surface area contributed by atoms with E-state index in [9.17, 15) is 19.1 Å².